The van der Waals surface area contributed by atoms with Gasteiger partial charge in [-0.2, -0.15) is 18.3 Å². The highest BCUT2D eigenvalue weighted by atomic mass is 19.4. The number of halogens is 3. The van der Waals surface area contributed by atoms with Crippen LogP contribution in [0.15, 0.2) is 6.33 Å². The smallest absolute Gasteiger partial charge is 0.379 e. The molecule has 0 bridgehead atoms. The molecule has 0 aliphatic carbocycles. The number of rotatable bonds is 5. The van der Waals surface area contributed by atoms with Crippen molar-refractivity contribution in [2.24, 2.45) is 0 Å². The molecule has 0 radical (unpaired) electrons. The third-order valence-electron chi connectivity index (χ3n) is 3.48. The van der Waals surface area contributed by atoms with Gasteiger partial charge in [-0.05, 0) is 13.3 Å². The fourth-order valence-corrected chi connectivity index (χ4v) is 2.32. The molecule has 2 heterocycles. The quantitative estimate of drug-likeness (QED) is 0.825. The zero-order chi connectivity index (χ0) is 14.6. The largest absolute Gasteiger partial charge is 0.408 e. The molecule has 8 heteroatoms. The van der Waals surface area contributed by atoms with Crippen LogP contribution in [0.5, 0.6) is 0 Å². The standard InChI is InChI=1S/C12H19F3N4O/c1-10(18-4-6-20-7-5-18)2-3-11-16-9-17-19(11)8-12(13,14)15/h9-10H,2-8H2,1H3/t10-/m0/s1. The molecule has 1 aliphatic heterocycles. The third-order valence-corrected chi connectivity index (χ3v) is 3.48. The lowest BCUT2D eigenvalue weighted by Gasteiger charge is -2.32. The van der Waals surface area contributed by atoms with Gasteiger partial charge in [-0.25, -0.2) is 9.67 Å². The maximum Gasteiger partial charge on any atom is 0.408 e. The van der Waals surface area contributed by atoms with E-state index in [1.165, 1.54) is 6.33 Å². The lowest BCUT2D eigenvalue weighted by Crippen LogP contribution is -2.42. The van der Waals surface area contributed by atoms with Crippen molar-refractivity contribution in [3.8, 4) is 0 Å². The lowest BCUT2D eigenvalue weighted by molar-refractivity contribution is -0.143. The topological polar surface area (TPSA) is 43.2 Å². The minimum atomic E-state index is -4.27. The predicted molar refractivity (Wildman–Crippen MR) is 66.3 cm³/mol. The second-order valence-electron chi connectivity index (χ2n) is 4.99. The molecule has 1 saturated heterocycles. The van der Waals surface area contributed by atoms with Crippen LogP contribution in [-0.2, 0) is 17.7 Å². The second-order valence-corrected chi connectivity index (χ2v) is 4.99. The van der Waals surface area contributed by atoms with Crippen LogP contribution in [-0.4, -0.2) is 58.2 Å². The first-order valence-corrected chi connectivity index (χ1v) is 6.71. The highest BCUT2D eigenvalue weighted by molar-refractivity contribution is 4.87. The van der Waals surface area contributed by atoms with Crippen LogP contribution in [0, 0.1) is 0 Å². The summed E-state index contributed by atoms with van der Waals surface area (Å²) in [6, 6.07) is 0.301. The second kappa shape index (κ2) is 6.53. The molecule has 0 saturated carbocycles. The Labute approximate surface area is 115 Å². The van der Waals surface area contributed by atoms with E-state index in [0.717, 1.165) is 24.2 Å². The molecule has 20 heavy (non-hydrogen) atoms. The fraction of sp³-hybridized carbons (Fsp3) is 0.833. The summed E-state index contributed by atoms with van der Waals surface area (Å²) in [6.45, 7) is 4.18. The maximum atomic E-state index is 12.4. The van der Waals surface area contributed by atoms with Gasteiger partial charge < -0.3 is 4.74 Å². The van der Waals surface area contributed by atoms with Crippen LogP contribution in [0.2, 0.25) is 0 Å². The van der Waals surface area contributed by atoms with E-state index in [1.54, 1.807) is 0 Å². The number of aryl methyl sites for hydroxylation is 1. The van der Waals surface area contributed by atoms with Gasteiger partial charge in [-0.3, -0.25) is 4.90 Å². The first-order chi connectivity index (χ1) is 9.46. The first-order valence-electron chi connectivity index (χ1n) is 6.71. The lowest BCUT2D eigenvalue weighted by atomic mass is 10.1. The number of hydrogen-bond acceptors (Lipinski definition) is 4. The molecule has 1 atom stereocenters. The number of aromatic nitrogens is 3. The van der Waals surface area contributed by atoms with Gasteiger partial charge >= 0.3 is 6.18 Å². The van der Waals surface area contributed by atoms with Crippen molar-refractivity contribution in [2.75, 3.05) is 26.3 Å². The van der Waals surface area contributed by atoms with Gasteiger partial charge in [0.05, 0.1) is 13.2 Å². The van der Waals surface area contributed by atoms with Gasteiger partial charge in [-0.1, -0.05) is 0 Å². The molecule has 0 N–H and O–H groups in total. The summed E-state index contributed by atoms with van der Waals surface area (Å²) < 4.78 is 43.4. The molecule has 114 valence electrons. The van der Waals surface area contributed by atoms with E-state index in [-0.39, 0.29) is 0 Å². The summed E-state index contributed by atoms with van der Waals surface area (Å²) in [7, 11) is 0. The number of ether oxygens (including phenoxy) is 1. The summed E-state index contributed by atoms with van der Waals surface area (Å²) in [5.41, 5.74) is 0. The van der Waals surface area contributed by atoms with E-state index in [0.29, 0.717) is 31.5 Å². The van der Waals surface area contributed by atoms with Gasteiger partial charge in [0.2, 0.25) is 0 Å². The van der Waals surface area contributed by atoms with Crippen LogP contribution in [0.3, 0.4) is 0 Å². The Bertz CT molecular complexity index is 415. The van der Waals surface area contributed by atoms with Crippen molar-refractivity contribution in [1.29, 1.82) is 0 Å². The Hall–Kier alpha value is -1.15. The molecular weight excluding hydrogens is 273 g/mol. The van der Waals surface area contributed by atoms with E-state index in [1.807, 2.05) is 0 Å². The van der Waals surface area contributed by atoms with Crippen LogP contribution >= 0.6 is 0 Å². The molecule has 0 amide bonds. The molecule has 0 aromatic carbocycles. The monoisotopic (exact) mass is 292 g/mol. The normalized spacial score (nSPS) is 19.2. The third kappa shape index (κ3) is 4.45. The molecule has 2 rings (SSSR count). The van der Waals surface area contributed by atoms with Gasteiger partial charge in [-0.15, -0.1) is 0 Å². The van der Waals surface area contributed by atoms with E-state index in [4.69, 9.17) is 4.74 Å². The van der Waals surface area contributed by atoms with Gasteiger partial charge in [0, 0.05) is 25.6 Å². The minimum Gasteiger partial charge on any atom is -0.379 e. The molecular formula is C12H19F3N4O. The first kappa shape index (κ1) is 15.2. The van der Waals surface area contributed by atoms with Crippen molar-refractivity contribution < 1.29 is 17.9 Å². The summed E-state index contributed by atoms with van der Waals surface area (Å²) in [6.07, 6.45) is -1.83. The van der Waals surface area contributed by atoms with E-state index >= 15 is 0 Å². The Morgan fingerprint density at radius 2 is 2.05 bits per heavy atom. The Kier molecular flexibility index (Phi) is 4.98. The molecule has 1 aromatic rings. The zero-order valence-corrected chi connectivity index (χ0v) is 11.4. The number of nitrogens with zero attached hydrogens (tertiary/aromatic N) is 4. The average molecular weight is 292 g/mol. The molecule has 1 aromatic heterocycles. The Morgan fingerprint density at radius 1 is 1.35 bits per heavy atom. The molecule has 1 aliphatic rings. The van der Waals surface area contributed by atoms with Crippen molar-refractivity contribution >= 4 is 0 Å². The minimum absolute atomic E-state index is 0.301. The highest BCUT2D eigenvalue weighted by Crippen LogP contribution is 2.18. The average Bonchev–Trinajstić information content (AvgIpc) is 2.82. The van der Waals surface area contributed by atoms with Crippen molar-refractivity contribution in [2.45, 2.75) is 38.5 Å². The van der Waals surface area contributed by atoms with Gasteiger partial charge in [0.15, 0.2) is 0 Å². The van der Waals surface area contributed by atoms with Crippen molar-refractivity contribution in [3.05, 3.63) is 12.2 Å². The fourth-order valence-electron chi connectivity index (χ4n) is 2.32. The SMILES string of the molecule is C[C@@H](CCc1ncnn1CC(F)(F)F)N1CCOCC1. The van der Waals surface area contributed by atoms with Crippen molar-refractivity contribution in [3.63, 3.8) is 0 Å². The Morgan fingerprint density at radius 3 is 2.70 bits per heavy atom. The predicted octanol–water partition coefficient (Wildman–Crippen LogP) is 1.49. The molecule has 0 spiro atoms. The summed E-state index contributed by atoms with van der Waals surface area (Å²) >= 11 is 0. The molecule has 0 unspecified atom stereocenters. The number of hydrogen-bond donors (Lipinski definition) is 0. The maximum absolute atomic E-state index is 12.4. The number of morpholine rings is 1. The van der Waals surface area contributed by atoms with Gasteiger partial charge in [0.1, 0.15) is 18.7 Å². The summed E-state index contributed by atoms with van der Waals surface area (Å²) in [5, 5.41) is 3.64. The van der Waals surface area contributed by atoms with Crippen LogP contribution in [0.25, 0.3) is 0 Å². The Balaban J connectivity index is 1.85. The van der Waals surface area contributed by atoms with E-state index < -0.39 is 12.7 Å². The molecule has 5 nitrogen and oxygen atoms in total. The van der Waals surface area contributed by atoms with Gasteiger partial charge in [0.25, 0.3) is 0 Å². The van der Waals surface area contributed by atoms with E-state index in [2.05, 4.69) is 21.9 Å². The van der Waals surface area contributed by atoms with Crippen LogP contribution < -0.4 is 0 Å². The van der Waals surface area contributed by atoms with Crippen LogP contribution in [0.4, 0.5) is 13.2 Å². The summed E-state index contributed by atoms with van der Waals surface area (Å²) in [5.74, 6) is 0.391. The molecule has 1 fully saturated rings. The van der Waals surface area contributed by atoms with Crippen molar-refractivity contribution in [1.82, 2.24) is 19.7 Å². The van der Waals surface area contributed by atoms with Crippen LogP contribution in [0.1, 0.15) is 19.2 Å². The zero-order valence-electron chi connectivity index (χ0n) is 11.4. The number of alkyl halides is 3. The highest BCUT2D eigenvalue weighted by Gasteiger charge is 2.29. The summed E-state index contributed by atoms with van der Waals surface area (Å²) in [4.78, 5) is 6.21. The van der Waals surface area contributed by atoms with E-state index in [9.17, 15) is 13.2 Å².